The highest BCUT2D eigenvalue weighted by Crippen LogP contribution is 2.38. The maximum absolute atomic E-state index is 14.0. The fourth-order valence-electron chi connectivity index (χ4n) is 5.75. The molecule has 0 radical (unpaired) electrons. The van der Waals surface area contributed by atoms with Crippen LogP contribution in [0.2, 0.25) is 0 Å². The topological polar surface area (TPSA) is 164 Å². The number of aromatic nitrogens is 5. The van der Waals surface area contributed by atoms with Gasteiger partial charge >= 0.3 is 21.3 Å². The number of anilines is 4. The van der Waals surface area contributed by atoms with Gasteiger partial charge in [-0.3, -0.25) is 9.48 Å². The van der Waals surface area contributed by atoms with Crippen molar-refractivity contribution in [2.75, 3.05) is 37.6 Å². The molecule has 1 fully saturated rings. The first-order valence-corrected chi connectivity index (χ1v) is 20.4. The summed E-state index contributed by atoms with van der Waals surface area (Å²) in [6.45, 7) is 12.9. The fraction of sp³-hybridized carbons (Fsp3) is 0.486. The molecule has 0 spiro atoms. The van der Waals surface area contributed by atoms with Crippen LogP contribution in [0.15, 0.2) is 53.5 Å². The van der Waals surface area contributed by atoms with Gasteiger partial charge in [-0.2, -0.15) is 23.3 Å². The van der Waals surface area contributed by atoms with Gasteiger partial charge in [0.25, 0.3) is 5.91 Å². The number of amides is 1. The lowest BCUT2D eigenvalue weighted by molar-refractivity contribution is -0.137. The highest BCUT2D eigenvalue weighted by atomic mass is 79.9. The Balaban J connectivity index is 1.12. The molecule has 1 aliphatic rings. The standard InChI is InChI=1S/C37H46BBrF3N8O6P/c1-34(2,21-50-20-24(18-45-50)38-55-35(3,4)36(5,6)56-38)22-54-57(52)16-10-9-11-23-12-13-26(28(17-23)53-8)47-33-44-19-25(37(40,41)42)31(49-33)46-27-14-15-29(39)48-30(27)32(51)43-7/h12-15,17-20H,9-11,16,21-22H2,1-8H3,(H2-,43,44,46,47,49,51)/p+1. The number of nitrogens with zero attached hydrogens (tertiary/aromatic N) is 5. The normalized spacial score (nSPS) is 15.4. The molecule has 0 aliphatic carbocycles. The molecule has 4 heterocycles. The summed E-state index contributed by atoms with van der Waals surface area (Å²) in [4.78, 5) is 24.5. The van der Waals surface area contributed by atoms with Gasteiger partial charge in [-0.1, -0.05) is 19.9 Å². The van der Waals surface area contributed by atoms with Crippen LogP contribution < -0.4 is 26.2 Å². The Bertz CT molecular complexity index is 2070. The van der Waals surface area contributed by atoms with Crippen LogP contribution in [0, 0.1) is 5.41 Å². The first kappa shape index (κ1) is 44.0. The van der Waals surface area contributed by atoms with E-state index in [1.807, 2.05) is 58.5 Å². The number of unbranched alkanes of at least 4 members (excludes halogenated alkanes) is 1. The van der Waals surface area contributed by atoms with Gasteiger partial charge in [0.15, 0.2) is 11.9 Å². The number of alkyl halides is 3. The Labute approximate surface area is 339 Å². The zero-order valence-corrected chi connectivity index (χ0v) is 35.6. The van der Waals surface area contributed by atoms with Crippen molar-refractivity contribution in [3.8, 4) is 5.75 Å². The molecule has 3 aromatic heterocycles. The molecule has 57 heavy (non-hydrogen) atoms. The van der Waals surface area contributed by atoms with Crippen LogP contribution >= 0.6 is 24.0 Å². The molecule has 4 aromatic rings. The monoisotopic (exact) mass is 877 g/mol. The highest BCUT2D eigenvalue weighted by Gasteiger charge is 2.52. The minimum atomic E-state index is -4.80. The summed E-state index contributed by atoms with van der Waals surface area (Å²) in [5.41, 5.74) is -0.304. The molecule has 0 saturated carbocycles. The van der Waals surface area contributed by atoms with Crippen LogP contribution in [-0.2, 0) is 37.5 Å². The Hall–Kier alpha value is -4.16. The fourth-order valence-corrected chi connectivity index (χ4v) is 7.16. The average molecular weight is 879 g/mol. The number of nitrogens with one attached hydrogen (secondary N) is 3. The van der Waals surface area contributed by atoms with E-state index in [1.54, 1.807) is 18.3 Å². The van der Waals surface area contributed by atoms with Gasteiger partial charge in [-0.15, -0.1) is 4.52 Å². The maximum Gasteiger partial charge on any atom is 0.508 e. The lowest BCUT2D eigenvalue weighted by atomic mass is 9.82. The van der Waals surface area contributed by atoms with Gasteiger partial charge in [0.05, 0.1) is 29.7 Å². The smallest absolute Gasteiger partial charge is 0.495 e. The summed E-state index contributed by atoms with van der Waals surface area (Å²) in [5, 5.41) is 12.4. The summed E-state index contributed by atoms with van der Waals surface area (Å²) < 4.78 is 80.5. The van der Waals surface area contributed by atoms with E-state index >= 15 is 0 Å². The van der Waals surface area contributed by atoms with Crippen LogP contribution in [0.5, 0.6) is 5.75 Å². The Morgan fingerprint density at radius 1 is 1.02 bits per heavy atom. The molecule has 1 atom stereocenters. The molecule has 0 bridgehead atoms. The van der Waals surface area contributed by atoms with Crippen molar-refractivity contribution in [3.05, 3.63) is 70.3 Å². The summed E-state index contributed by atoms with van der Waals surface area (Å²) in [6, 6.07) is 8.27. The number of carbonyl (C=O) groups excluding carboxylic acids is 1. The van der Waals surface area contributed by atoms with Crippen LogP contribution in [0.3, 0.4) is 0 Å². The quantitative estimate of drug-likeness (QED) is 0.0409. The molecule has 306 valence electrons. The van der Waals surface area contributed by atoms with Gasteiger partial charge in [0.1, 0.15) is 28.3 Å². The molecule has 1 saturated heterocycles. The second kappa shape index (κ2) is 17.8. The van der Waals surface area contributed by atoms with Crippen molar-refractivity contribution < 1.29 is 41.1 Å². The molecule has 1 aromatic carbocycles. The van der Waals surface area contributed by atoms with Gasteiger partial charge in [0.2, 0.25) is 5.95 Å². The van der Waals surface area contributed by atoms with E-state index in [1.165, 1.54) is 26.3 Å². The number of benzene rings is 1. The summed E-state index contributed by atoms with van der Waals surface area (Å²) in [6.07, 6.45) is 1.98. The number of rotatable bonds is 17. The third-order valence-corrected chi connectivity index (χ3v) is 11.1. The highest BCUT2D eigenvalue weighted by molar-refractivity contribution is 9.10. The zero-order valence-electron chi connectivity index (χ0n) is 33.1. The number of pyridine rings is 1. The summed E-state index contributed by atoms with van der Waals surface area (Å²) >= 11 is 3.18. The molecule has 1 unspecified atom stereocenters. The molecule has 14 nitrogen and oxygen atoms in total. The first-order chi connectivity index (χ1) is 26.7. The minimum absolute atomic E-state index is 0.00817. The molecule has 20 heteroatoms. The number of halogens is 4. The van der Waals surface area contributed by atoms with Crippen molar-refractivity contribution in [1.29, 1.82) is 0 Å². The SMILES string of the molecule is CNC(=O)c1nc(Br)ccc1Nc1nc(Nc2ccc(CCCC[P+](=O)OCC(C)(C)Cn3cc(B4OC(C)(C)C(C)(C)O4)cn3)cc2OC)ncc1C(F)(F)F. The van der Waals surface area contributed by atoms with Crippen molar-refractivity contribution >= 4 is 65.6 Å². The maximum atomic E-state index is 14.0. The van der Waals surface area contributed by atoms with Gasteiger partial charge in [0, 0.05) is 43.1 Å². The van der Waals surface area contributed by atoms with Crippen molar-refractivity contribution in [2.45, 2.75) is 84.7 Å². The lowest BCUT2D eigenvalue weighted by Crippen LogP contribution is -2.41. The molecular formula is C37H47BBrF3N8O6P+. The first-order valence-electron chi connectivity index (χ1n) is 18.2. The number of carbonyl (C=O) groups is 1. The number of ether oxygens (including phenoxy) is 1. The van der Waals surface area contributed by atoms with Crippen LogP contribution in [0.25, 0.3) is 0 Å². The Kier molecular flexibility index (Phi) is 13.7. The predicted octanol–water partition coefficient (Wildman–Crippen LogP) is 7.81. The van der Waals surface area contributed by atoms with E-state index in [0.29, 0.717) is 47.8 Å². The van der Waals surface area contributed by atoms with Crippen LogP contribution in [0.1, 0.15) is 76.0 Å². The number of methoxy groups -OCH3 is 1. The van der Waals surface area contributed by atoms with Crippen LogP contribution in [0.4, 0.5) is 36.3 Å². The molecular weight excluding hydrogens is 831 g/mol. The van der Waals surface area contributed by atoms with E-state index in [-0.39, 0.29) is 29.4 Å². The molecule has 5 rings (SSSR count). The largest absolute Gasteiger partial charge is 0.508 e. The second-order valence-corrected chi connectivity index (χ2v) is 17.5. The van der Waals surface area contributed by atoms with Gasteiger partial charge in [-0.25, -0.2) is 9.97 Å². The number of hydrogen-bond donors (Lipinski definition) is 3. The van der Waals surface area contributed by atoms with Gasteiger partial charge < -0.3 is 30.0 Å². The van der Waals surface area contributed by atoms with E-state index in [9.17, 15) is 22.5 Å². The van der Waals surface area contributed by atoms with Crippen LogP contribution in [-0.4, -0.2) is 75.9 Å². The van der Waals surface area contributed by atoms with Gasteiger partial charge in [-0.05, 0) is 97.3 Å². The third kappa shape index (κ3) is 11.3. The molecule has 1 amide bonds. The number of hydrogen-bond acceptors (Lipinski definition) is 12. The molecule has 1 aliphatic heterocycles. The minimum Gasteiger partial charge on any atom is -0.495 e. The zero-order chi connectivity index (χ0) is 41.8. The van der Waals surface area contributed by atoms with E-state index in [4.69, 9.17) is 18.6 Å². The number of aryl methyl sites for hydroxylation is 1. The summed E-state index contributed by atoms with van der Waals surface area (Å²) in [5.74, 6) is -0.920. The average Bonchev–Trinajstić information content (AvgIpc) is 3.68. The lowest BCUT2D eigenvalue weighted by Gasteiger charge is -2.32. The summed E-state index contributed by atoms with van der Waals surface area (Å²) in [7, 11) is 0.483. The van der Waals surface area contributed by atoms with Crippen molar-refractivity contribution in [2.24, 2.45) is 5.41 Å². The second-order valence-electron chi connectivity index (χ2n) is 15.4. The molecule has 3 N–H and O–H groups in total. The Morgan fingerprint density at radius 2 is 1.72 bits per heavy atom. The third-order valence-electron chi connectivity index (χ3n) is 9.59. The predicted molar refractivity (Wildman–Crippen MR) is 215 cm³/mol. The van der Waals surface area contributed by atoms with Crippen molar-refractivity contribution in [3.63, 3.8) is 0 Å². The van der Waals surface area contributed by atoms with Crippen molar-refractivity contribution in [1.82, 2.24) is 30.0 Å². The van der Waals surface area contributed by atoms with E-state index < -0.39 is 49.8 Å². The van der Waals surface area contributed by atoms with E-state index in [2.05, 4.69) is 51.9 Å². The van der Waals surface area contributed by atoms with E-state index in [0.717, 1.165) is 17.4 Å². The Morgan fingerprint density at radius 3 is 2.39 bits per heavy atom.